The lowest BCUT2D eigenvalue weighted by Crippen LogP contribution is -2.60. The van der Waals surface area contributed by atoms with Crippen LogP contribution in [0.3, 0.4) is 0 Å². The third-order valence-corrected chi connectivity index (χ3v) is 9.05. The van der Waals surface area contributed by atoms with Crippen LogP contribution in [0.15, 0.2) is 91.0 Å². The molecule has 0 aromatic heterocycles. The van der Waals surface area contributed by atoms with Gasteiger partial charge >= 0.3 is 0 Å². The molecule has 2 N–H and O–H groups in total. The lowest BCUT2D eigenvalue weighted by molar-refractivity contribution is -0.140. The molecule has 0 radical (unpaired) electrons. The second-order valence-electron chi connectivity index (χ2n) is 10.9. The number of carbonyl (C=O) groups is 4. The molecule has 2 saturated heterocycles. The molecule has 12 heteroatoms. The molecule has 6 atom stereocenters. The van der Waals surface area contributed by atoms with Crippen molar-refractivity contribution < 1.29 is 29.6 Å². The van der Waals surface area contributed by atoms with Crippen LogP contribution in [0.25, 0.3) is 0 Å². The van der Waals surface area contributed by atoms with Gasteiger partial charge in [-0.1, -0.05) is 54.6 Å². The molecule has 3 aliphatic carbocycles. The van der Waals surface area contributed by atoms with Crippen LogP contribution in [0.4, 0.5) is 22.7 Å². The van der Waals surface area contributed by atoms with Crippen LogP contribution in [-0.2, 0) is 24.6 Å². The Morgan fingerprint density at radius 2 is 1.12 bits per heavy atom. The van der Waals surface area contributed by atoms with E-state index in [0.29, 0.717) is 5.56 Å². The zero-order valence-corrected chi connectivity index (χ0v) is 21.7. The van der Waals surface area contributed by atoms with Gasteiger partial charge in [-0.15, -0.1) is 0 Å². The second kappa shape index (κ2) is 9.06. The van der Waals surface area contributed by atoms with E-state index in [2.05, 4.69) is 0 Å². The molecule has 4 amide bonds. The van der Waals surface area contributed by atoms with Gasteiger partial charge in [-0.2, -0.15) is 0 Å². The summed E-state index contributed by atoms with van der Waals surface area (Å²) in [5.74, 6) is -7.16. The van der Waals surface area contributed by atoms with Crippen molar-refractivity contribution in [3.05, 3.63) is 107 Å². The zero-order chi connectivity index (χ0) is 29.5. The highest BCUT2D eigenvalue weighted by Gasteiger charge is 2.75. The first-order valence-corrected chi connectivity index (χ1v) is 13.2. The molecule has 3 aromatic carbocycles. The van der Waals surface area contributed by atoms with Crippen molar-refractivity contribution in [3.8, 4) is 0 Å². The van der Waals surface area contributed by atoms with Gasteiger partial charge in [0, 0.05) is 11.3 Å². The average molecular weight is 567 g/mol. The largest absolute Gasteiger partial charge is 0.733 e. The van der Waals surface area contributed by atoms with Gasteiger partial charge < -0.3 is 20.9 Å². The topological polar surface area (TPSA) is 168 Å². The van der Waals surface area contributed by atoms with Gasteiger partial charge in [-0.25, -0.2) is 9.80 Å². The molecule has 212 valence electrons. The summed E-state index contributed by atoms with van der Waals surface area (Å²) in [6, 6.07) is 19.7. The quantitative estimate of drug-likeness (QED) is 0.266. The number of hydrogen-bond acceptors (Lipinski definition) is 10. The minimum atomic E-state index is -1.37. The Morgan fingerprint density at radius 3 is 1.57 bits per heavy atom. The molecule has 2 bridgehead atoms. The molecule has 1 saturated carbocycles. The van der Waals surface area contributed by atoms with Crippen molar-refractivity contribution in [2.24, 2.45) is 29.6 Å². The summed E-state index contributed by atoms with van der Waals surface area (Å²) >= 11 is 0. The summed E-state index contributed by atoms with van der Waals surface area (Å²) < 4.78 is 0. The Balaban J connectivity index is 1.39. The van der Waals surface area contributed by atoms with Crippen molar-refractivity contribution in [2.75, 3.05) is 20.3 Å². The number of allylic oxidation sites excluding steroid dienone is 2. The predicted molar refractivity (Wildman–Crippen MR) is 148 cm³/mol. The number of imide groups is 2. The highest BCUT2D eigenvalue weighted by molar-refractivity contribution is 6.27. The molecule has 2 heterocycles. The molecule has 12 nitrogen and oxygen atoms in total. The van der Waals surface area contributed by atoms with Gasteiger partial charge in [-0.05, 0) is 42.0 Å². The first-order valence-electron chi connectivity index (χ1n) is 13.2. The average Bonchev–Trinajstić information content (AvgIpc) is 3.44. The third-order valence-electron chi connectivity index (χ3n) is 9.05. The standard InChI is InChI=1S/C30H22N4O8/c35-26-22-21-12-13-30(16-6-2-1-3-7-16,24(22)28(37)31(26)17-8-4-10-19(14-17)33(39)40)25-23(21)27(36)32(29(25)38)18-9-5-11-20(15-18)34(41)42/h1-15,21-25,39,41H/q-2/t21?,22-,23-,24-,25+,30?/m0/s1. The lowest BCUT2D eigenvalue weighted by Gasteiger charge is -2.53. The summed E-state index contributed by atoms with van der Waals surface area (Å²) in [6.45, 7) is 0. The number of amides is 4. The first-order chi connectivity index (χ1) is 20.2. The summed E-state index contributed by atoms with van der Waals surface area (Å²) in [5.41, 5.74) is -0.973. The van der Waals surface area contributed by atoms with E-state index < -0.39 is 58.6 Å². The fourth-order valence-corrected chi connectivity index (χ4v) is 7.49. The van der Waals surface area contributed by atoms with Crippen molar-refractivity contribution in [2.45, 2.75) is 5.41 Å². The molecular weight excluding hydrogens is 544 g/mol. The Hall–Kier alpha value is -4.88. The van der Waals surface area contributed by atoms with Crippen molar-refractivity contribution in [1.82, 2.24) is 0 Å². The molecular formula is C30H22N4O8-2. The van der Waals surface area contributed by atoms with Crippen LogP contribution < -0.4 is 20.3 Å². The van der Waals surface area contributed by atoms with Crippen LogP contribution >= 0.6 is 0 Å². The number of rotatable bonds is 5. The molecule has 0 spiro atoms. The van der Waals surface area contributed by atoms with Gasteiger partial charge in [0.25, 0.3) is 0 Å². The number of benzene rings is 3. The van der Waals surface area contributed by atoms with E-state index in [1.165, 1.54) is 48.5 Å². The molecule has 42 heavy (non-hydrogen) atoms. The maximum atomic E-state index is 14.3. The minimum Gasteiger partial charge on any atom is -0.733 e. The number of carbonyl (C=O) groups excluding carboxylic acids is 4. The highest BCUT2D eigenvalue weighted by atomic mass is 16.8. The summed E-state index contributed by atoms with van der Waals surface area (Å²) in [4.78, 5) is 58.7. The third kappa shape index (κ3) is 3.31. The predicted octanol–water partition coefficient (Wildman–Crippen LogP) is 3.12. The minimum absolute atomic E-state index is 0.0850. The van der Waals surface area contributed by atoms with Crippen LogP contribution in [-0.4, -0.2) is 34.0 Å². The number of anilines is 4. The summed E-state index contributed by atoms with van der Waals surface area (Å²) in [5, 5.41) is 41.2. The molecule has 3 fully saturated rings. The molecule has 3 aromatic rings. The van der Waals surface area contributed by atoms with Gasteiger partial charge in [0.05, 0.1) is 46.4 Å². The Bertz CT molecular complexity index is 1590. The molecule has 2 aliphatic heterocycles. The van der Waals surface area contributed by atoms with Gasteiger partial charge in [0.2, 0.25) is 23.6 Å². The molecule has 2 unspecified atom stereocenters. The van der Waals surface area contributed by atoms with E-state index >= 15 is 0 Å². The van der Waals surface area contributed by atoms with Crippen LogP contribution in [0.2, 0.25) is 0 Å². The second-order valence-corrected chi connectivity index (χ2v) is 10.9. The smallest absolute Gasteiger partial charge is 0.238 e. The van der Waals surface area contributed by atoms with E-state index in [-0.39, 0.29) is 33.2 Å². The molecule has 8 rings (SSSR count). The van der Waals surface area contributed by atoms with Crippen molar-refractivity contribution in [3.63, 3.8) is 0 Å². The van der Waals surface area contributed by atoms with Crippen LogP contribution in [0, 0.1) is 40.0 Å². The Morgan fingerprint density at radius 1 is 0.643 bits per heavy atom. The molecule has 5 aliphatic rings. The van der Waals surface area contributed by atoms with Crippen molar-refractivity contribution in [1.29, 1.82) is 0 Å². The fraction of sp³-hybridized carbons (Fsp3) is 0.200. The lowest BCUT2D eigenvalue weighted by atomic mass is 9.45. The van der Waals surface area contributed by atoms with Gasteiger partial charge in [0.15, 0.2) is 0 Å². The number of nitrogens with zero attached hydrogens (tertiary/aromatic N) is 4. The zero-order valence-electron chi connectivity index (χ0n) is 21.7. The maximum absolute atomic E-state index is 14.3. The Kier molecular flexibility index (Phi) is 5.62. The van der Waals surface area contributed by atoms with Crippen LogP contribution in [0.1, 0.15) is 5.56 Å². The highest BCUT2D eigenvalue weighted by Crippen LogP contribution is 2.65. The maximum Gasteiger partial charge on any atom is 0.238 e. The summed E-state index contributed by atoms with van der Waals surface area (Å²) in [6.07, 6.45) is 3.51. The first kappa shape index (κ1) is 26.0. The monoisotopic (exact) mass is 566 g/mol. The van der Waals surface area contributed by atoms with Crippen molar-refractivity contribution >= 4 is 46.4 Å². The van der Waals surface area contributed by atoms with E-state index in [1.54, 1.807) is 42.5 Å². The SMILES string of the molecule is O=C1[C@@H]2[C@@H](C(=O)N1c1cccc(N([O-])O)c1)C1C=CC2(c2ccccc2)[C@H]2C(=O)N(c3cccc(N([O-])O)c3)C(=O)[C@@H]12. The number of hydrogen-bond donors (Lipinski definition) is 2. The normalized spacial score (nSPS) is 29.3. The van der Waals surface area contributed by atoms with E-state index in [1.807, 2.05) is 0 Å². The van der Waals surface area contributed by atoms with E-state index in [0.717, 1.165) is 9.80 Å². The Labute approximate surface area is 238 Å². The van der Waals surface area contributed by atoms with Gasteiger partial charge in [-0.3, -0.25) is 29.6 Å². The fourth-order valence-electron chi connectivity index (χ4n) is 7.49. The van der Waals surface area contributed by atoms with Crippen LogP contribution in [0.5, 0.6) is 0 Å². The van der Waals surface area contributed by atoms with E-state index in [9.17, 15) is 40.0 Å². The van der Waals surface area contributed by atoms with E-state index in [4.69, 9.17) is 0 Å². The van der Waals surface area contributed by atoms with Gasteiger partial charge in [0.1, 0.15) is 0 Å². The summed E-state index contributed by atoms with van der Waals surface area (Å²) in [7, 11) is 0.